The summed E-state index contributed by atoms with van der Waals surface area (Å²) in [4.78, 5) is 26.9. The van der Waals surface area contributed by atoms with Gasteiger partial charge in [0, 0.05) is 24.7 Å². The Morgan fingerprint density at radius 3 is 2.44 bits per heavy atom. The Kier molecular flexibility index (Phi) is 7.83. The number of rotatable bonds is 9. The van der Waals surface area contributed by atoms with Crippen molar-refractivity contribution >= 4 is 33.2 Å². The topological polar surface area (TPSA) is 114 Å². The highest BCUT2D eigenvalue weighted by molar-refractivity contribution is 7.89. The fraction of sp³-hybridized carbons (Fsp3) is 0.417. The molecule has 9 nitrogen and oxygen atoms in total. The van der Waals surface area contributed by atoms with E-state index < -0.39 is 22.0 Å². The van der Waals surface area contributed by atoms with Gasteiger partial charge in [-0.15, -0.1) is 0 Å². The molecule has 0 bridgehead atoms. The number of carbonyl (C=O) groups excluding carboxylic acids is 2. The lowest BCUT2D eigenvalue weighted by atomic mass is 10.0. The summed E-state index contributed by atoms with van der Waals surface area (Å²) < 4.78 is 39.4. The highest BCUT2D eigenvalue weighted by Crippen LogP contribution is 2.31. The van der Waals surface area contributed by atoms with Gasteiger partial charge >= 0.3 is 0 Å². The summed E-state index contributed by atoms with van der Waals surface area (Å²) in [7, 11) is -1.01. The average molecular weight is 490 g/mol. The van der Waals surface area contributed by atoms with Crippen molar-refractivity contribution in [3.63, 3.8) is 0 Å². The van der Waals surface area contributed by atoms with E-state index in [-0.39, 0.29) is 16.7 Å². The average Bonchev–Trinajstić information content (AvgIpc) is 3.25. The van der Waals surface area contributed by atoms with Gasteiger partial charge in [0.05, 0.1) is 24.8 Å². The molecule has 3 rings (SSSR count). The van der Waals surface area contributed by atoms with Gasteiger partial charge in [0.15, 0.2) is 0 Å². The van der Waals surface area contributed by atoms with E-state index >= 15 is 0 Å². The number of fused-ring (bicyclic) bond motifs is 1. The number of anilines is 2. The van der Waals surface area contributed by atoms with E-state index in [4.69, 9.17) is 9.47 Å². The largest absolute Gasteiger partial charge is 0.497 e. The third-order valence-electron chi connectivity index (χ3n) is 5.76. The summed E-state index contributed by atoms with van der Waals surface area (Å²) in [6.45, 7) is 5.84. The summed E-state index contributed by atoms with van der Waals surface area (Å²) >= 11 is 0. The third kappa shape index (κ3) is 5.34. The second-order valence-electron chi connectivity index (χ2n) is 8.34. The molecule has 34 heavy (non-hydrogen) atoms. The predicted molar refractivity (Wildman–Crippen MR) is 130 cm³/mol. The van der Waals surface area contributed by atoms with Crippen molar-refractivity contribution in [3.05, 3.63) is 42.0 Å². The van der Waals surface area contributed by atoms with Crippen LogP contribution in [0.4, 0.5) is 11.4 Å². The van der Waals surface area contributed by atoms with Crippen molar-refractivity contribution in [1.82, 2.24) is 4.72 Å². The van der Waals surface area contributed by atoms with Crippen LogP contribution in [0.1, 0.15) is 32.8 Å². The number of hydrogen-bond acceptors (Lipinski definition) is 6. The molecule has 0 aliphatic carbocycles. The Bertz CT molecular complexity index is 1180. The van der Waals surface area contributed by atoms with E-state index in [1.807, 2.05) is 0 Å². The highest BCUT2D eigenvalue weighted by Gasteiger charge is 2.31. The SMILES string of the molecule is CCC(=O)N1CCc2cc(S(=O)(=O)NC(C(=O)Nc3ccc(OC)cc3OC)C(C)C)ccc21. The van der Waals surface area contributed by atoms with Gasteiger partial charge in [-0.25, -0.2) is 8.42 Å². The van der Waals surface area contributed by atoms with Crippen molar-refractivity contribution in [3.8, 4) is 11.5 Å². The van der Waals surface area contributed by atoms with E-state index in [1.165, 1.54) is 20.3 Å². The van der Waals surface area contributed by atoms with E-state index in [2.05, 4.69) is 10.0 Å². The van der Waals surface area contributed by atoms with Gasteiger partial charge in [-0.2, -0.15) is 4.72 Å². The fourth-order valence-corrected chi connectivity index (χ4v) is 5.23. The van der Waals surface area contributed by atoms with Crippen LogP contribution >= 0.6 is 0 Å². The quantitative estimate of drug-likeness (QED) is 0.560. The number of nitrogens with one attached hydrogen (secondary N) is 2. The van der Waals surface area contributed by atoms with E-state index in [0.29, 0.717) is 36.6 Å². The number of benzene rings is 2. The molecule has 0 radical (unpaired) electrons. The lowest BCUT2D eigenvalue weighted by molar-refractivity contribution is -0.119. The lowest BCUT2D eigenvalue weighted by Gasteiger charge is -2.23. The van der Waals surface area contributed by atoms with Gasteiger partial charge in [0.25, 0.3) is 0 Å². The summed E-state index contributed by atoms with van der Waals surface area (Å²) in [5, 5.41) is 2.74. The summed E-state index contributed by atoms with van der Waals surface area (Å²) in [6.07, 6.45) is 0.959. The Morgan fingerprint density at radius 2 is 1.82 bits per heavy atom. The Morgan fingerprint density at radius 1 is 1.09 bits per heavy atom. The molecule has 1 atom stereocenters. The van der Waals surface area contributed by atoms with E-state index in [9.17, 15) is 18.0 Å². The molecule has 1 heterocycles. The van der Waals surface area contributed by atoms with Crippen LogP contribution in [0.2, 0.25) is 0 Å². The fourth-order valence-electron chi connectivity index (χ4n) is 3.84. The minimum absolute atomic E-state index is 0.00187. The number of carbonyl (C=O) groups is 2. The Balaban J connectivity index is 1.81. The van der Waals surface area contributed by atoms with Crippen molar-refractivity contribution < 1.29 is 27.5 Å². The molecule has 1 aliphatic heterocycles. The number of hydrogen-bond donors (Lipinski definition) is 2. The molecule has 0 saturated heterocycles. The van der Waals surface area contributed by atoms with Gasteiger partial charge in [-0.05, 0) is 48.2 Å². The zero-order chi connectivity index (χ0) is 25.0. The van der Waals surface area contributed by atoms with Gasteiger partial charge in [0.1, 0.15) is 17.5 Å². The maximum atomic E-state index is 13.2. The van der Waals surface area contributed by atoms with E-state index in [1.54, 1.807) is 56.0 Å². The lowest BCUT2D eigenvalue weighted by Crippen LogP contribution is -2.47. The summed E-state index contributed by atoms with van der Waals surface area (Å²) in [5.41, 5.74) is 1.92. The molecule has 2 amide bonds. The minimum Gasteiger partial charge on any atom is -0.497 e. The van der Waals surface area contributed by atoms with Crippen molar-refractivity contribution in [2.45, 2.75) is 44.6 Å². The molecule has 10 heteroatoms. The second kappa shape index (κ2) is 10.4. The number of nitrogens with zero attached hydrogens (tertiary/aromatic N) is 1. The molecule has 184 valence electrons. The number of methoxy groups -OCH3 is 2. The molecule has 2 N–H and O–H groups in total. The van der Waals surface area contributed by atoms with Crippen molar-refractivity contribution in [2.24, 2.45) is 5.92 Å². The first-order valence-corrected chi connectivity index (χ1v) is 12.6. The molecule has 1 unspecified atom stereocenters. The first kappa shape index (κ1) is 25.5. The molecule has 0 saturated carbocycles. The Hall–Kier alpha value is -3.11. The second-order valence-corrected chi connectivity index (χ2v) is 10.1. The van der Waals surface area contributed by atoms with Crippen molar-refractivity contribution in [2.75, 3.05) is 31.0 Å². The molecular formula is C24H31N3O6S. The van der Waals surface area contributed by atoms with Crippen LogP contribution in [0.5, 0.6) is 11.5 Å². The van der Waals surface area contributed by atoms with Gasteiger partial charge in [0.2, 0.25) is 21.8 Å². The monoisotopic (exact) mass is 489 g/mol. The van der Waals surface area contributed by atoms with Gasteiger partial charge in [-0.1, -0.05) is 20.8 Å². The molecule has 1 aliphatic rings. The number of ether oxygens (including phenoxy) is 2. The maximum absolute atomic E-state index is 13.2. The van der Waals surface area contributed by atoms with Crippen LogP contribution in [-0.2, 0) is 26.0 Å². The molecular weight excluding hydrogens is 458 g/mol. The normalized spacial score (nSPS) is 14.0. The first-order valence-electron chi connectivity index (χ1n) is 11.1. The molecule has 0 aromatic heterocycles. The molecule has 2 aromatic rings. The predicted octanol–water partition coefficient (Wildman–Crippen LogP) is 2.94. The standard InChI is InChI=1S/C24H31N3O6S/c1-6-22(28)27-12-11-16-13-18(8-10-20(16)27)34(30,31)26-23(15(2)3)24(29)25-19-9-7-17(32-4)14-21(19)33-5/h7-10,13-15,23,26H,6,11-12H2,1-5H3,(H,25,29). The smallest absolute Gasteiger partial charge is 0.242 e. The minimum atomic E-state index is -4.00. The maximum Gasteiger partial charge on any atom is 0.242 e. The molecule has 2 aromatic carbocycles. The van der Waals surface area contributed by atoms with Crippen LogP contribution < -0.4 is 24.4 Å². The molecule has 0 fully saturated rings. The van der Waals surface area contributed by atoms with E-state index in [0.717, 1.165) is 11.3 Å². The third-order valence-corrected chi connectivity index (χ3v) is 7.20. The van der Waals surface area contributed by atoms with Crippen molar-refractivity contribution in [1.29, 1.82) is 0 Å². The summed E-state index contributed by atoms with van der Waals surface area (Å²) in [6, 6.07) is 8.59. The summed E-state index contributed by atoms with van der Waals surface area (Å²) in [5.74, 6) is 0.113. The zero-order valence-corrected chi connectivity index (χ0v) is 20.9. The number of sulfonamides is 1. The highest BCUT2D eigenvalue weighted by atomic mass is 32.2. The van der Waals surface area contributed by atoms with Crippen LogP contribution in [-0.4, -0.2) is 47.0 Å². The van der Waals surface area contributed by atoms with Gasteiger partial charge in [-0.3, -0.25) is 9.59 Å². The number of amides is 2. The Labute approximate surface area is 200 Å². The van der Waals surface area contributed by atoms with Crippen LogP contribution in [0.25, 0.3) is 0 Å². The van der Waals surface area contributed by atoms with Crippen LogP contribution in [0, 0.1) is 5.92 Å². The zero-order valence-electron chi connectivity index (χ0n) is 20.0. The van der Waals surface area contributed by atoms with Crippen LogP contribution in [0.3, 0.4) is 0 Å². The van der Waals surface area contributed by atoms with Crippen LogP contribution in [0.15, 0.2) is 41.3 Å². The first-order chi connectivity index (χ1) is 16.1. The van der Waals surface area contributed by atoms with Gasteiger partial charge < -0.3 is 19.7 Å². The molecule has 0 spiro atoms.